The maximum absolute atomic E-state index is 12.3. The van der Waals surface area contributed by atoms with Gasteiger partial charge in [-0.1, -0.05) is 0 Å². The zero-order valence-electron chi connectivity index (χ0n) is 13.8. The molecule has 0 saturated carbocycles. The van der Waals surface area contributed by atoms with E-state index < -0.39 is 12.6 Å². The van der Waals surface area contributed by atoms with Gasteiger partial charge in [0.15, 0.2) is 5.58 Å². The van der Waals surface area contributed by atoms with Crippen LogP contribution in [0.25, 0.3) is 22.1 Å². The minimum atomic E-state index is -2.93. The molecule has 0 saturated heterocycles. The Hall–Kier alpha value is -3.69. The largest absolute Gasteiger partial charge is 0.478 e. The highest BCUT2D eigenvalue weighted by Crippen LogP contribution is 2.27. The Labute approximate surface area is 150 Å². The summed E-state index contributed by atoms with van der Waals surface area (Å²) >= 11 is 0. The van der Waals surface area contributed by atoms with Crippen LogP contribution in [0.15, 0.2) is 40.8 Å². The first-order chi connectivity index (χ1) is 12.9. The second kappa shape index (κ2) is 6.24. The van der Waals surface area contributed by atoms with E-state index in [1.807, 2.05) is 0 Å². The number of ether oxygens (including phenoxy) is 1. The Kier molecular flexibility index (Phi) is 3.87. The van der Waals surface area contributed by atoms with E-state index in [0.717, 1.165) is 0 Å². The first kappa shape index (κ1) is 16.8. The monoisotopic (exact) mass is 374 g/mol. The zero-order valence-corrected chi connectivity index (χ0v) is 13.8. The summed E-state index contributed by atoms with van der Waals surface area (Å²) in [6, 6.07) is 8.88. The number of hydrogen-bond donors (Lipinski definition) is 2. The van der Waals surface area contributed by atoms with Crippen LogP contribution in [0, 0.1) is 0 Å². The van der Waals surface area contributed by atoms with Crippen molar-refractivity contribution in [2.45, 2.75) is 6.61 Å². The summed E-state index contributed by atoms with van der Waals surface area (Å²) in [5.74, 6) is -0.704. The normalized spacial score (nSPS) is 11.4. The molecule has 0 atom stereocenters. The average Bonchev–Trinajstić information content (AvgIpc) is 3.14. The number of nitrogens with one attached hydrogen (secondary N) is 1. The molecule has 0 amide bonds. The summed E-state index contributed by atoms with van der Waals surface area (Å²) in [6.45, 7) is -2.93. The van der Waals surface area contributed by atoms with E-state index in [0.29, 0.717) is 22.5 Å². The van der Waals surface area contributed by atoms with E-state index in [9.17, 15) is 13.6 Å². The number of carboxylic acid groups (broad SMARTS) is 1. The molecule has 2 aromatic heterocycles. The number of anilines is 2. The highest BCUT2D eigenvalue weighted by Gasteiger charge is 2.14. The number of carboxylic acids is 1. The van der Waals surface area contributed by atoms with Crippen molar-refractivity contribution in [2.75, 3.05) is 5.32 Å². The summed E-state index contributed by atoms with van der Waals surface area (Å²) in [4.78, 5) is 19.6. The van der Waals surface area contributed by atoms with Crippen molar-refractivity contribution < 1.29 is 27.8 Å². The molecule has 2 aromatic carbocycles. The molecule has 0 bridgehead atoms. The molecule has 0 aliphatic carbocycles. The fourth-order valence-corrected chi connectivity index (χ4v) is 2.67. The number of imidazole rings is 1. The molecule has 2 heterocycles. The number of nitrogens with zero attached hydrogens (tertiary/aromatic N) is 3. The Bertz CT molecular complexity index is 1170. The lowest BCUT2D eigenvalue weighted by molar-refractivity contribution is -0.0497. The number of halogens is 2. The fraction of sp³-hybridized carbons (Fsp3) is 0.118. The Morgan fingerprint density at radius 2 is 2.04 bits per heavy atom. The molecule has 2 N–H and O–H groups in total. The lowest BCUT2D eigenvalue weighted by Crippen LogP contribution is -2.01. The SMILES string of the molecule is Cn1c(Nc2nc3ccc(OC(F)F)cc3o2)nc2cc(C(=O)O)ccc21. The van der Waals surface area contributed by atoms with Gasteiger partial charge in [0, 0.05) is 13.1 Å². The van der Waals surface area contributed by atoms with Crippen molar-refractivity contribution in [3.05, 3.63) is 42.0 Å². The smallest absolute Gasteiger partial charge is 0.387 e. The third-order valence-electron chi connectivity index (χ3n) is 3.93. The van der Waals surface area contributed by atoms with Gasteiger partial charge in [0.05, 0.1) is 16.6 Å². The topological polar surface area (TPSA) is 102 Å². The first-order valence-corrected chi connectivity index (χ1v) is 7.73. The Balaban J connectivity index is 1.67. The number of aromatic carboxylic acids is 1. The number of fused-ring (bicyclic) bond motifs is 2. The molecule has 8 nitrogen and oxygen atoms in total. The van der Waals surface area contributed by atoms with Gasteiger partial charge in [-0.15, -0.1) is 0 Å². The van der Waals surface area contributed by atoms with Crippen molar-refractivity contribution in [2.24, 2.45) is 7.05 Å². The van der Waals surface area contributed by atoms with E-state index in [4.69, 9.17) is 9.52 Å². The van der Waals surface area contributed by atoms with Crippen LogP contribution in [0.2, 0.25) is 0 Å². The van der Waals surface area contributed by atoms with Gasteiger partial charge in [0.2, 0.25) is 5.95 Å². The van der Waals surface area contributed by atoms with Gasteiger partial charge in [0.25, 0.3) is 0 Å². The molecular weight excluding hydrogens is 362 g/mol. The van der Waals surface area contributed by atoms with Crippen LogP contribution >= 0.6 is 0 Å². The molecule has 0 fully saturated rings. The van der Waals surface area contributed by atoms with Crippen LogP contribution in [0.3, 0.4) is 0 Å². The Morgan fingerprint density at radius 1 is 1.22 bits per heavy atom. The van der Waals surface area contributed by atoms with Crippen molar-refractivity contribution in [3.8, 4) is 5.75 Å². The second-order valence-electron chi connectivity index (χ2n) is 5.66. The zero-order chi connectivity index (χ0) is 19.1. The van der Waals surface area contributed by atoms with Crippen LogP contribution in [0.1, 0.15) is 10.4 Å². The molecule has 138 valence electrons. The predicted molar refractivity (Wildman–Crippen MR) is 91.6 cm³/mol. The molecule has 4 aromatic rings. The maximum atomic E-state index is 12.3. The van der Waals surface area contributed by atoms with Crippen molar-refractivity contribution in [1.82, 2.24) is 14.5 Å². The Morgan fingerprint density at radius 3 is 2.78 bits per heavy atom. The van der Waals surface area contributed by atoms with Gasteiger partial charge >= 0.3 is 18.6 Å². The van der Waals surface area contributed by atoms with Crippen molar-refractivity contribution in [3.63, 3.8) is 0 Å². The number of aromatic nitrogens is 3. The number of carbonyl (C=O) groups is 1. The fourth-order valence-electron chi connectivity index (χ4n) is 2.67. The number of alkyl halides is 2. The summed E-state index contributed by atoms with van der Waals surface area (Å²) in [6.07, 6.45) is 0. The number of rotatable bonds is 5. The van der Waals surface area contributed by atoms with Gasteiger partial charge in [-0.3, -0.25) is 5.32 Å². The summed E-state index contributed by atoms with van der Waals surface area (Å²) in [7, 11) is 1.75. The molecule has 0 spiro atoms. The van der Waals surface area contributed by atoms with Crippen molar-refractivity contribution in [1.29, 1.82) is 0 Å². The molecule has 0 unspecified atom stereocenters. The number of hydrogen-bond acceptors (Lipinski definition) is 6. The number of oxazole rings is 1. The molecule has 4 rings (SSSR count). The molecule has 0 aliphatic rings. The third-order valence-corrected chi connectivity index (χ3v) is 3.93. The average molecular weight is 374 g/mol. The lowest BCUT2D eigenvalue weighted by atomic mass is 10.2. The van der Waals surface area contributed by atoms with Gasteiger partial charge in [-0.25, -0.2) is 9.78 Å². The van der Waals surface area contributed by atoms with E-state index >= 15 is 0 Å². The summed E-state index contributed by atoms with van der Waals surface area (Å²) in [5.41, 5.74) is 2.05. The van der Waals surface area contributed by atoms with Crippen molar-refractivity contribution >= 4 is 40.1 Å². The highest BCUT2D eigenvalue weighted by molar-refractivity contribution is 5.93. The number of benzene rings is 2. The summed E-state index contributed by atoms with van der Waals surface area (Å²) in [5, 5.41) is 12.0. The first-order valence-electron chi connectivity index (χ1n) is 7.73. The molecule has 27 heavy (non-hydrogen) atoms. The molecule has 0 radical (unpaired) electrons. The third kappa shape index (κ3) is 3.12. The van der Waals surface area contributed by atoms with E-state index in [-0.39, 0.29) is 22.9 Å². The standard InChI is InChI=1S/C17H12F2N4O4/c1-23-12-5-2-8(14(24)25)6-11(12)20-16(23)22-17-21-10-4-3-9(26-15(18)19)7-13(10)27-17/h2-7,15H,1H3,(H,24,25)(H,20,21,22). The highest BCUT2D eigenvalue weighted by atomic mass is 19.3. The van der Waals surface area contributed by atoms with E-state index in [2.05, 4.69) is 20.0 Å². The van der Waals surface area contributed by atoms with Crippen LogP contribution in [0.5, 0.6) is 5.75 Å². The second-order valence-corrected chi connectivity index (χ2v) is 5.66. The number of aryl methyl sites for hydroxylation is 1. The lowest BCUT2D eigenvalue weighted by Gasteiger charge is -2.02. The van der Waals surface area contributed by atoms with Crippen LogP contribution in [-0.2, 0) is 7.05 Å². The minimum absolute atomic E-state index is 0.0378. The van der Waals surface area contributed by atoms with Gasteiger partial charge in [-0.2, -0.15) is 13.8 Å². The summed E-state index contributed by atoms with van der Waals surface area (Å²) < 4.78 is 36.2. The van der Waals surface area contributed by atoms with E-state index in [1.165, 1.54) is 30.3 Å². The van der Waals surface area contributed by atoms with Crippen LogP contribution in [-0.4, -0.2) is 32.2 Å². The molecular formula is C17H12F2N4O4. The van der Waals surface area contributed by atoms with Gasteiger partial charge in [-0.05, 0) is 30.3 Å². The molecule has 10 heteroatoms. The predicted octanol–water partition coefficient (Wildman–Crippen LogP) is 3.76. The van der Waals surface area contributed by atoms with Gasteiger partial charge < -0.3 is 18.8 Å². The minimum Gasteiger partial charge on any atom is -0.478 e. The van der Waals surface area contributed by atoms with Gasteiger partial charge in [0.1, 0.15) is 11.3 Å². The molecule has 0 aliphatic heterocycles. The van der Waals surface area contributed by atoms with E-state index in [1.54, 1.807) is 17.7 Å². The maximum Gasteiger partial charge on any atom is 0.387 e. The van der Waals surface area contributed by atoms with Crippen LogP contribution in [0.4, 0.5) is 20.7 Å². The van der Waals surface area contributed by atoms with Crippen LogP contribution < -0.4 is 10.1 Å². The quantitative estimate of drug-likeness (QED) is 0.548.